The van der Waals surface area contributed by atoms with Crippen molar-refractivity contribution in [3.05, 3.63) is 0 Å². The molecule has 0 radical (unpaired) electrons. The van der Waals surface area contributed by atoms with Crippen LogP contribution in [0.5, 0.6) is 0 Å². The summed E-state index contributed by atoms with van der Waals surface area (Å²) >= 11 is 0. The Morgan fingerprint density at radius 3 is 2.56 bits per heavy atom. The maximum atomic E-state index is 10.7. The minimum Gasteiger partial charge on any atom is -0.355 e. The van der Waals surface area contributed by atoms with Crippen LogP contribution in [-0.4, -0.2) is 30.2 Å². The van der Waals surface area contributed by atoms with Crippen LogP contribution < -0.4 is 5.32 Å². The van der Waals surface area contributed by atoms with E-state index in [4.69, 9.17) is 0 Å². The van der Waals surface area contributed by atoms with Gasteiger partial charge < -0.3 is 5.32 Å². The van der Waals surface area contributed by atoms with Crippen LogP contribution in [0.25, 0.3) is 0 Å². The third kappa shape index (κ3) is 1.61. The summed E-state index contributed by atoms with van der Waals surface area (Å²) in [5.41, 5.74) is 0. The van der Waals surface area contributed by atoms with Crippen molar-refractivity contribution in [3.8, 4) is 0 Å². The Bertz CT molecular complexity index is 124. The second-order valence-corrected chi connectivity index (χ2v) is 5.28. The lowest BCUT2D eigenvalue weighted by atomic mass is 10.4. The number of hydrogen-bond acceptors (Lipinski definition) is 1. The molecule has 0 aromatic heterocycles. The summed E-state index contributed by atoms with van der Waals surface area (Å²) in [6, 6.07) is 0. The zero-order valence-corrected chi connectivity index (χ0v) is 6.74. The van der Waals surface area contributed by atoms with Gasteiger partial charge in [-0.1, -0.05) is 0 Å². The van der Waals surface area contributed by atoms with Gasteiger partial charge in [0, 0.05) is 18.2 Å². The van der Waals surface area contributed by atoms with Crippen molar-refractivity contribution in [2.45, 2.75) is 11.7 Å². The smallest absolute Gasteiger partial charge is 0.221 e. The Labute approximate surface area is 58.4 Å². The Hall–Kier alpha value is -0.180. The van der Waals surface area contributed by atoms with Gasteiger partial charge in [-0.2, -0.15) is 0 Å². The van der Waals surface area contributed by atoms with E-state index in [1.54, 1.807) is 0 Å². The fourth-order valence-corrected chi connectivity index (χ4v) is 1.94. The molecule has 1 saturated heterocycles. The van der Waals surface area contributed by atoms with Crippen LogP contribution in [0.15, 0.2) is 0 Å². The normalized spacial score (nSPS) is 28.0. The molecule has 3 heteroatoms. The molecule has 9 heavy (non-hydrogen) atoms. The van der Waals surface area contributed by atoms with Gasteiger partial charge in [-0.05, 0) is 12.5 Å². The predicted molar refractivity (Wildman–Crippen MR) is 42.2 cm³/mol. The largest absolute Gasteiger partial charge is 0.355 e. The number of amides is 1. The molecule has 1 atom stereocenters. The SMILES string of the molecule is C[SH](C)C1CNC(=O)C1. The lowest BCUT2D eigenvalue weighted by Gasteiger charge is -2.14. The second-order valence-electron chi connectivity index (χ2n) is 2.63. The zero-order chi connectivity index (χ0) is 6.85. The molecule has 1 amide bonds. The van der Waals surface area contributed by atoms with E-state index < -0.39 is 0 Å². The Kier molecular flexibility index (Phi) is 2.01. The first-order valence-electron chi connectivity index (χ1n) is 3.13. The number of nitrogens with one attached hydrogen (secondary N) is 1. The molecule has 0 aliphatic carbocycles. The molecule has 1 rings (SSSR count). The van der Waals surface area contributed by atoms with E-state index >= 15 is 0 Å². The van der Waals surface area contributed by atoms with Gasteiger partial charge >= 0.3 is 0 Å². The van der Waals surface area contributed by atoms with Gasteiger partial charge in [-0.3, -0.25) is 15.7 Å². The van der Waals surface area contributed by atoms with Crippen LogP contribution >= 0.6 is 10.9 Å². The minimum absolute atomic E-state index is 0.0885. The van der Waals surface area contributed by atoms with Crippen molar-refractivity contribution in [2.24, 2.45) is 0 Å². The van der Waals surface area contributed by atoms with Crippen LogP contribution in [0.2, 0.25) is 0 Å². The van der Waals surface area contributed by atoms with Gasteiger partial charge in [0.15, 0.2) is 0 Å². The highest BCUT2D eigenvalue weighted by molar-refractivity contribution is 8.16. The molecule has 1 N–H and O–H groups in total. The lowest BCUT2D eigenvalue weighted by Crippen LogP contribution is -2.15. The van der Waals surface area contributed by atoms with E-state index in [0.717, 1.165) is 13.0 Å². The highest BCUT2D eigenvalue weighted by Crippen LogP contribution is 2.26. The van der Waals surface area contributed by atoms with Crippen LogP contribution in [0.4, 0.5) is 0 Å². The van der Waals surface area contributed by atoms with Gasteiger partial charge in [-0.25, -0.2) is 0 Å². The van der Waals surface area contributed by atoms with Crippen molar-refractivity contribution >= 4 is 16.8 Å². The van der Waals surface area contributed by atoms with Gasteiger partial charge in [0.25, 0.3) is 0 Å². The second kappa shape index (κ2) is 2.60. The quantitative estimate of drug-likeness (QED) is 0.507. The molecule has 1 aliphatic heterocycles. The molecule has 0 bridgehead atoms. The Balaban J connectivity index is 2.39. The molecular formula is C6H13NOS. The summed E-state index contributed by atoms with van der Waals surface area (Å²) in [6.45, 7) is 0.914. The van der Waals surface area contributed by atoms with E-state index in [1.165, 1.54) is 0 Å². The summed E-state index contributed by atoms with van der Waals surface area (Å²) in [5.74, 6) is 0.233. The maximum absolute atomic E-state index is 10.7. The van der Waals surface area contributed by atoms with Gasteiger partial charge in [0.1, 0.15) is 0 Å². The monoisotopic (exact) mass is 147 g/mol. The van der Waals surface area contributed by atoms with E-state index in [0.29, 0.717) is 5.25 Å². The van der Waals surface area contributed by atoms with Crippen LogP contribution in [0.1, 0.15) is 6.42 Å². The van der Waals surface area contributed by atoms with E-state index in [-0.39, 0.29) is 16.8 Å². The van der Waals surface area contributed by atoms with Gasteiger partial charge in [0.05, 0.1) is 0 Å². The first kappa shape index (κ1) is 6.93. The Morgan fingerprint density at radius 2 is 2.33 bits per heavy atom. The fourth-order valence-electron chi connectivity index (χ4n) is 0.955. The summed E-state index contributed by atoms with van der Waals surface area (Å²) in [6.07, 6.45) is 5.21. The molecule has 1 heterocycles. The van der Waals surface area contributed by atoms with Crippen molar-refractivity contribution in [3.63, 3.8) is 0 Å². The molecule has 0 aromatic carbocycles. The molecule has 1 unspecified atom stereocenters. The first-order chi connectivity index (χ1) is 4.20. The van der Waals surface area contributed by atoms with Crippen LogP contribution in [0, 0.1) is 0 Å². The highest BCUT2D eigenvalue weighted by atomic mass is 32.2. The summed E-state index contributed by atoms with van der Waals surface area (Å²) in [5, 5.41) is 3.47. The van der Waals surface area contributed by atoms with Crippen molar-refractivity contribution in [2.75, 3.05) is 19.1 Å². The molecule has 0 aromatic rings. The number of thiol groups is 1. The molecule has 2 nitrogen and oxygen atoms in total. The number of hydrogen-bond donors (Lipinski definition) is 2. The van der Waals surface area contributed by atoms with Crippen molar-refractivity contribution in [1.82, 2.24) is 5.32 Å². The zero-order valence-electron chi connectivity index (χ0n) is 5.85. The van der Waals surface area contributed by atoms with Gasteiger partial charge in [-0.15, -0.1) is 0 Å². The Morgan fingerprint density at radius 1 is 1.67 bits per heavy atom. The first-order valence-corrected chi connectivity index (χ1v) is 5.44. The average Bonchev–Trinajstić information content (AvgIpc) is 2.14. The molecule has 1 aliphatic rings. The third-order valence-electron chi connectivity index (χ3n) is 1.69. The van der Waals surface area contributed by atoms with E-state index in [2.05, 4.69) is 17.8 Å². The van der Waals surface area contributed by atoms with Gasteiger partial charge in [0.2, 0.25) is 5.91 Å². The van der Waals surface area contributed by atoms with E-state index in [9.17, 15) is 4.79 Å². The molecule has 54 valence electrons. The standard InChI is InChI=1S/C6H13NOS/c1-9(2)5-3-6(8)7-4-5/h5,9H,3-4H2,1-2H3,(H,7,8). The van der Waals surface area contributed by atoms with E-state index in [1.807, 2.05) is 0 Å². The molecule has 0 spiro atoms. The average molecular weight is 147 g/mol. The fraction of sp³-hybridized carbons (Fsp3) is 0.833. The van der Waals surface area contributed by atoms with Crippen LogP contribution in [-0.2, 0) is 4.79 Å². The van der Waals surface area contributed by atoms with Crippen molar-refractivity contribution in [1.29, 1.82) is 0 Å². The topological polar surface area (TPSA) is 29.1 Å². The van der Waals surface area contributed by atoms with Crippen molar-refractivity contribution < 1.29 is 4.79 Å². The summed E-state index contributed by atoms with van der Waals surface area (Å²) in [7, 11) is 0.0885. The highest BCUT2D eigenvalue weighted by Gasteiger charge is 2.21. The third-order valence-corrected chi connectivity index (χ3v) is 3.51. The summed E-state index contributed by atoms with van der Waals surface area (Å²) in [4.78, 5) is 10.7. The molecular weight excluding hydrogens is 134 g/mol. The van der Waals surface area contributed by atoms with Crippen LogP contribution in [0.3, 0.4) is 0 Å². The summed E-state index contributed by atoms with van der Waals surface area (Å²) < 4.78 is 0. The lowest BCUT2D eigenvalue weighted by molar-refractivity contribution is -0.119. The number of rotatable bonds is 1. The minimum atomic E-state index is 0.0885. The number of carbonyl (C=O) groups excluding carboxylic acids is 1. The predicted octanol–water partition coefficient (Wildman–Crippen LogP) is 0.136. The maximum Gasteiger partial charge on any atom is 0.221 e. The molecule has 0 saturated carbocycles. The molecule has 1 fully saturated rings. The number of carbonyl (C=O) groups is 1.